The van der Waals surface area contributed by atoms with Crippen molar-refractivity contribution in [2.24, 2.45) is 0 Å². The van der Waals surface area contributed by atoms with Crippen LogP contribution in [0.2, 0.25) is 0 Å². The highest BCUT2D eigenvalue weighted by Gasteiger charge is 2.16. The van der Waals surface area contributed by atoms with Gasteiger partial charge in [-0.25, -0.2) is 0 Å². The van der Waals surface area contributed by atoms with E-state index in [1.807, 2.05) is 13.0 Å². The average molecular weight is 136 g/mol. The lowest BCUT2D eigenvalue weighted by molar-refractivity contribution is 0.170. The van der Waals surface area contributed by atoms with E-state index >= 15 is 0 Å². The number of hydrogen-bond donors (Lipinski definition) is 0. The second-order valence-corrected chi connectivity index (χ2v) is 2.43. The molecule has 0 N–H and O–H groups in total. The summed E-state index contributed by atoms with van der Waals surface area (Å²) in [5.74, 6) is 0.891. The Hall–Kier alpha value is -0.980. The summed E-state index contributed by atoms with van der Waals surface area (Å²) in [5, 5.41) is 0. The fraction of sp³-hybridized carbons (Fsp3) is 0.333. The molecule has 0 amide bonds. The van der Waals surface area contributed by atoms with Crippen molar-refractivity contribution in [1.29, 1.82) is 0 Å². The number of allylic oxidation sites excluding steroid dienone is 2. The molecule has 0 saturated carbocycles. The van der Waals surface area contributed by atoms with Crippen molar-refractivity contribution in [3.8, 4) is 0 Å². The van der Waals surface area contributed by atoms with E-state index in [2.05, 4.69) is 13.2 Å². The minimum absolute atomic E-state index is 0.293. The van der Waals surface area contributed by atoms with Crippen LogP contribution in [0.15, 0.2) is 36.6 Å². The molecule has 10 heavy (non-hydrogen) atoms. The second-order valence-electron chi connectivity index (χ2n) is 2.43. The smallest absolute Gasteiger partial charge is 0.122 e. The predicted octanol–water partition coefficient (Wildman–Crippen LogP) is 2.42. The van der Waals surface area contributed by atoms with E-state index < -0.39 is 0 Å². The van der Waals surface area contributed by atoms with Crippen LogP contribution in [0.1, 0.15) is 13.3 Å². The third-order valence-corrected chi connectivity index (χ3v) is 1.58. The first-order valence-electron chi connectivity index (χ1n) is 3.42. The Labute approximate surface area is 61.7 Å². The Balaban J connectivity index is 2.80. The Bertz CT molecular complexity index is 169. The molecule has 0 bridgehead atoms. The molecule has 1 atom stereocenters. The van der Waals surface area contributed by atoms with Crippen LogP contribution in [-0.2, 0) is 4.74 Å². The Morgan fingerprint density at radius 2 is 2.20 bits per heavy atom. The first-order chi connectivity index (χ1) is 4.77. The van der Waals surface area contributed by atoms with Gasteiger partial charge in [0.1, 0.15) is 11.9 Å². The van der Waals surface area contributed by atoms with Crippen LogP contribution >= 0.6 is 0 Å². The fourth-order valence-electron chi connectivity index (χ4n) is 1.11. The molecule has 0 aromatic heterocycles. The molecule has 0 radical (unpaired) electrons. The summed E-state index contributed by atoms with van der Waals surface area (Å²) in [4.78, 5) is 0. The van der Waals surface area contributed by atoms with Crippen LogP contribution in [-0.4, -0.2) is 6.10 Å². The van der Waals surface area contributed by atoms with Crippen molar-refractivity contribution in [1.82, 2.24) is 0 Å². The van der Waals surface area contributed by atoms with E-state index in [1.165, 1.54) is 5.57 Å². The summed E-state index contributed by atoms with van der Waals surface area (Å²) in [6.45, 7) is 9.38. The molecule has 0 saturated heterocycles. The zero-order valence-corrected chi connectivity index (χ0v) is 6.26. The molecule has 1 rings (SSSR count). The van der Waals surface area contributed by atoms with Crippen LogP contribution in [0.3, 0.4) is 0 Å². The molecule has 0 aromatic carbocycles. The Kier molecular flexibility index (Phi) is 1.95. The van der Waals surface area contributed by atoms with Gasteiger partial charge < -0.3 is 4.74 Å². The molecule has 0 aliphatic carbocycles. The normalized spacial score (nSPS) is 24.3. The van der Waals surface area contributed by atoms with Gasteiger partial charge in [0.15, 0.2) is 0 Å². The maximum absolute atomic E-state index is 5.40. The zero-order chi connectivity index (χ0) is 7.56. The summed E-state index contributed by atoms with van der Waals surface area (Å²) in [6, 6.07) is 0. The third kappa shape index (κ3) is 1.13. The molecule has 0 aromatic rings. The highest BCUT2D eigenvalue weighted by atomic mass is 16.5. The monoisotopic (exact) mass is 136 g/mol. The largest absolute Gasteiger partial charge is 0.490 e. The van der Waals surface area contributed by atoms with Gasteiger partial charge in [-0.3, -0.25) is 0 Å². The summed E-state index contributed by atoms with van der Waals surface area (Å²) in [7, 11) is 0. The minimum atomic E-state index is 0.293. The fourth-order valence-corrected chi connectivity index (χ4v) is 1.11. The van der Waals surface area contributed by atoms with Crippen LogP contribution in [0.25, 0.3) is 0 Å². The summed E-state index contributed by atoms with van der Waals surface area (Å²) < 4.78 is 5.40. The van der Waals surface area contributed by atoms with Gasteiger partial charge in [-0.2, -0.15) is 0 Å². The molecule has 1 aliphatic heterocycles. The highest BCUT2D eigenvalue weighted by Crippen LogP contribution is 2.25. The standard InChI is InChI=1S/C9H12O/c1-4-8-6-7(3)10-9(8)5-2/h4-5,7H,1-2,6H2,3H3/t7-/m1/s1. The van der Waals surface area contributed by atoms with E-state index in [0.29, 0.717) is 6.10 Å². The van der Waals surface area contributed by atoms with E-state index in [-0.39, 0.29) is 0 Å². The summed E-state index contributed by atoms with van der Waals surface area (Å²) >= 11 is 0. The van der Waals surface area contributed by atoms with Crippen LogP contribution in [0.4, 0.5) is 0 Å². The van der Waals surface area contributed by atoms with E-state index in [9.17, 15) is 0 Å². The molecule has 0 spiro atoms. The molecule has 1 aliphatic rings. The minimum Gasteiger partial charge on any atom is -0.490 e. The quantitative estimate of drug-likeness (QED) is 0.566. The number of ether oxygens (including phenoxy) is 1. The molecule has 1 heterocycles. The van der Waals surface area contributed by atoms with Crippen LogP contribution in [0, 0.1) is 0 Å². The molecule has 1 heteroatoms. The summed E-state index contributed by atoms with van der Waals surface area (Å²) in [6.07, 6.45) is 4.83. The van der Waals surface area contributed by atoms with Crippen molar-refractivity contribution in [2.45, 2.75) is 19.4 Å². The maximum atomic E-state index is 5.40. The lowest BCUT2D eigenvalue weighted by Gasteiger charge is -2.02. The zero-order valence-electron chi connectivity index (χ0n) is 6.26. The first-order valence-corrected chi connectivity index (χ1v) is 3.42. The van der Waals surface area contributed by atoms with Gasteiger partial charge >= 0.3 is 0 Å². The van der Waals surface area contributed by atoms with Crippen molar-refractivity contribution < 1.29 is 4.74 Å². The number of rotatable bonds is 2. The van der Waals surface area contributed by atoms with Gasteiger partial charge in [-0.1, -0.05) is 19.2 Å². The molecular weight excluding hydrogens is 124 g/mol. The SMILES string of the molecule is C=CC1=C(C=C)O[C@H](C)C1. The summed E-state index contributed by atoms with van der Waals surface area (Å²) in [5.41, 5.74) is 1.17. The van der Waals surface area contributed by atoms with Gasteiger partial charge in [-0.15, -0.1) is 0 Å². The van der Waals surface area contributed by atoms with E-state index in [0.717, 1.165) is 12.2 Å². The van der Waals surface area contributed by atoms with Crippen LogP contribution in [0.5, 0.6) is 0 Å². The van der Waals surface area contributed by atoms with Gasteiger partial charge in [0.25, 0.3) is 0 Å². The molecule has 0 unspecified atom stereocenters. The Morgan fingerprint density at radius 3 is 2.60 bits per heavy atom. The van der Waals surface area contributed by atoms with Gasteiger partial charge in [-0.05, 0) is 18.6 Å². The van der Waals surface area contributed by atoms with Crippen molar-refractivity contribution in [3.63, 3.8) is 0 Å². The molecular formula is C9H12O. The highest BCUT2D eigenvalue weighted by molar-refractivity contribution is 5.30. The first kappa shape index (κ1) is 7.13. The Morgan fingerprint density at radius 1 is 1.50 bits per heavy atom. The van der Waals surface area contributed by atoms with Crippen molar-refractivity contribution in [3.05, 3.63) is 36.6 Å². The van der Waals surface area contributed by atoms with Crippen molar-refractivity contribution in [2.75, 3.05) is 0 Å². The van der Waals surface area contributed by atoms with E-state index in [4.69, 9.17) is 4.74 Å². The van der Waals surface area contributed by atoms with Gasteiger partial charge in [0.05, 0.1) is 0 Å². The lowest BCUT2D eigenvalue weighted by Crippen LogP contribution is -1.96. The average Bonchev–Trinajstić information content (AvgIpc) is 2.30. The predicted molar refractivity (Wildman–Crippen MR) is 42.6 cm³/mol. The lowest BCUT2D eigenvalue weighted by atomic mass is 10.1. The third-order valence-electron chi connectivity index (χ3n) is 1.58. The molecule has 0 fully saturated rings. The maximum Gasteiger partial charge on any atom is 0.122 e. The van der Waals surface area contributed by atoms with Crippen LogP contribution < -0.4 is 0 Å². The topological polar surface area (TPSA) is 9.23 Å². The number of hydrogen-bond acceptors (Lipinski definition) is 1. The van der Waals surface area contributed by atoms with Gasteiger partial charge in [0.2, 0.25) is 0 Å². The molecule has 54 valence electrons. The second kappa shape index (κ2) is 2.74. The van der Waals surface area contributed by atoms with Gasteiger partial charge in [0, 0.05) is 6.42 Å². The molecule has 1 nitrogen and oxygen atoms in total. The van der Waals surface area contributed by atoms with Crippen molar-refractivity contribution >= 4 is 0 Å². The van der Waals surface area contributed by atoms with E-state index in [1.54, 1.807) is 6.08 Å².